The normalized spacial score (nSPS) is 21.6. The minimum atomic E-state index is -2.58. The zero-order valence-corrected chi connectivity index (χ0v) is 71.0. The molecule has 0 aromatic carbocycles. The number of rotatable bonds is 18. The van der Waals surface area contributed by atoms with Gasteiger partial charge in [-0.25, -0.2) is 53.9 Å². The fourth-order valence-corrected chi connectivity index (χ4v) is 15.9. The van der Waals surface area contributed by atoms with Crippen molar-refractivity contribution in [2.45, 2.75) is 256 Å². The van der Waals surface area contributed by atoms with E-state index >= 15 is 0 Å². The maximum Gasteiger partial charge on any atom is 0.254 e. The van der Waals surface area contributed by atoms with Crippen LogP contribution >= 0.6 is 11.6 Å². The minimum absolute atomic E-state index is 0.0188. The Labute approximate surface area is 701 Å². The lowest BCUT2D eigenvalue weighted by molar-refractivity contribution is -0.128. The number of halogens is 9. The summed E-state index contributed by atoms with van der Waals surface area (Å²) in [5.41, 5.74) is 12.3. The van der Waals surface area contributed by atoms with Crippen LogP contribution in [0.3, 0.4) is 0 Å². The third-order valence-corrected chi connectivity index (χ3v) is 22.8. The number of nitrogens with zero attached hydrogens (tertiary/aromatic N) is 20. The van der Waals surface area contributed by atoms with E-state index in [1.807, 2.05) is 79.7 Å². The van der Waals surface area contributed by atoms with E-state index in [2.05, 4.69) is 97.5 Å². The van der Waals surface area contributed by atoms with E-state index in [0.29, 0.717) is 155 Å². The highest BCUT2D eigenvalue weighted by molar-refractivity contribution is 6.29. The smallest absolute Gasteiger partial charge is 0.254 e. The van der Waals surface area contributed by atoms with Gasteiger partial charge in [-0.2, -0.15) is 60.3 Å². The Morgan fingerprint density at radius 3 is 0.719 bits per heavy atom. The number of amides is 4. The van der Waals surface area contributed by atoms with E-state index in [-0.39, 0.29) is 128 Å². The van der Waals surface area contributed by atoms with Crippen LogP contribution in [0.15, 0.2) is 48.5 Å². The number of alkyl halides is 8. The minimum Gasteiger partial charge on any atom is -0.367 e. The molecule has 4 saturated heterocycles. The molecule has 0 radical (unpaired) electrons. The van der Waals surface area contributed by atoms with Gasteiger partial charge in [-0.3, -0.25) is 19.2 Å². The molecule has 121 heavy (non-hydrogen) atoms. The fourth-order valence-electron chi connectivity index (χ4n) is 15.8. The molecule has 0 spiro atoms. The van der Waals surface area contributed by atoms with E-state index in [1.165, 1.54) is 0 Å². The molecular weight excluding hydrogens is 1600 g/mol. The molecule has 4 amide bonds. The Bertz CT molecular complexity index is 4570. The number of aromatic nitrogens is 16. The van der Waals surface area contributed by atoms with Crippen LogP contribution in [0.2, 0.25) is 5.15 Å². The van der Waals surface area contributed by atoms with Crippen molar-refractivity contribution >= 4 is 76.0 Å². The first-order valence-electron chi connectivity index (χ1n) is 41.1. The molecule has 9 N–H and O–H groups in total. The Balaban J connectivity index is 0.000000144. The highest BCUT2D eigenvalue weighted by Gasteiger charge is 2.40. The van der Waals surface area contributed by atoms with Crippen molar-refractivity contribution in [2.24, 2.45) is 5.73 Å². The molecular formula is C80H109ClF8N28O4. The molecule has 4 atom stereocenters. The van der Waals surface area contributed by atoms with E-state index in [0.717, 1.165) is 58.5 Å². The lowest BCUT2D eigenvalue weighted by Crippen LogP contribution is -2.33. The van der Waals surface area contributed by atoms with Crippen LogP contribution in [-0.2, 0) is 19.2 Å². The second-order valence-electron chi connectivity index (χ2n) is 33.0. The molecule has 0 bridgehead atoms. The SMILES string of the molecule is CN1CCC(N)C1=O.Cc1cc(C)n(-c2nc(Cl)cc(NC3CCC(F)(F)CC3)n2)n1.Cc1cc(C)n(-c2nc(NC3CCC(F)(F)CC3)cc(NC3CCN(C)C3=O)n2)n1.Cc1cc(C)n(-c2nc(NC3CCC(F)(F)CC3)cc(N[C@@H]3CCN(C)C3=O)n2)n1.Cc1cc(C)n(-c2nc(NC3CCC(F)(F)CC3)cc(N[C@H]3CCN(C)C3=O)n2)n1. The molecule has 2 unspecified atom stereocenters. The highest BCUT2D eigenvalue weighted by Crippen LogP contribution is 2.39. The summed E-state index contributed by atoms with van der Waals surface area (Å²) in [4.78, 5) is 90.3. The van der Waals surface area contributed by atoms with Crippen molar-refractivity contribution < 1.29 is 54.3 Å². The standard InChI is InChI=1S/3C20H27F2N7O.C15H18ClF2N5.C5H10N2O/c3*1-12-10-13(2)29(27-12)19-25-16(23-14-4-7-20(21,22)8-5-14)11-17(26-19)24-15-6-9-28(3)18(15)30;1-9-7-10(2)23(22-9)14-20-12(16)8-13(21-14)19-11-3-5-15(17,18)6-4-11;1-7-3-2-4(6)5(7)8/h3*10-11,14-15H,4-9H2,1-3H3,(H2,23,24,25,26);7-8,11H,3-6H2,1-2H3,(H,19,20,21);4H,2-3,6H2,1H3/t2*15-;;;/m10.../s1. The number of anilines is 7. The Kier molecular flexibility index (Phi) is 28.0. The lowest BCUT2D eigenvalue weighted by Gasteiger charge is -2.29. The number of nitrogens with two attached hydrogens (primary N) is 1. The molecule has 8 aromatic rings. The largest absolute Gasteiger partial charge is 0.367 e. The number of nitrogens with one attached hydrogen (secondary N) is 7. The number of carbonyl (C=O) groups is 4. The monoisotopic (exact) mass is 1710 g/mol. The second kappa shape index (κ2) is 37.8. The van der Waals surface area contributed by atoms with Crippen LogP contribution in [0.25, 0.3) is 23.8 Å². The summed E-state index contributed by atoms with van der Waals surface area (Å²) in [7, 11) is 7.10. The van der Waals surface area contributed by atoms with Gasteiger partial charge in [0.2, 0.25) is 47.3 Å². The van der Waals surface area contributed by atoms with Gasteiger partial charge in [0.05, 0.1) is 28.8 Å². The number of likely N-dealkylation sites (tertiary alicyclic amines) is 4. The molecule has 32 nitrogen and oxygen atoms in total. The molecule has 656 valence electrons. The van der Waals surface area contributed by atoms with Gasteiger partial charge in [0.1, 0.15) is 64.0 Å². The van der Waals surface area contributed by atoms with Crippen LogP contribution < -0.4 is 43.0 Å². The van der Waals surface area contributed by atoms with Crippen LogP contribution in [0, 0.1) is 55.4 Å². The van der Waals surface area contributed by atoms with Gasteiger partial charge < -0.3 is 62.6 Å². The first-order chi connectivity index (χ1) is 57.1. The molecule has 4 saturated carbocycles. The van der Waals surface area contributed by atoms with Crippen molar-refractivity contribution in [3.8, 4) is 23.8 Å². The third-order valence-electron chi connectivity index (χ3n) is 22.6. The summed E-state index contributed by atoms with van der Waals surface area (Å²) >= 11 is 6.07. The van der Waals surface area contributed by atoms with E-state index < -0.39 is 23.7 Å². The maximum absolute atomic E-state index is 13.5. The lowest BCUT2D eigenvalue weighted by atomic mass is 9.92. The van der Waals surface area contributed by atoms with Crippen LogP contribution in [0.5, 0.6) is 0 Å². The topological polar surface area (TPSA) is 366 Å². The second-order valence-corrected chi connectivity index (χ2v) is 33.4. The predicted molar refractivity (Wildman–Crippen MR) is 442 cm³/mol. The number of hydrogen-bond donors (Lipinski definition) is 8. The quantitative estimate of drug-likeness (QED) is 0.0292. The summed E-state index contributed by atoms with van der Waals surface area (Å²) in [5, 5.41) is 40.6. The molecule has 16 rings (SSSR count). The van der Waals surface area contributed by atoms with Gasteiger partial charge in [-0.05, 0) is 157 Å². The molecule has 8 aliphatic rings. The zero-order valence-electron chi connectivity index (χ0n) is 70.3. The molecule has 8 fully saturated rings. The third kappa shape index (κ3) is 23.9. The average molecular weight is 1710 g/mol. The first kappa shape index (κ1) is 89.6. The van der Waals surface area contributed by atoms with Crippen molar-refractivity contribution in [3.05, 3.63) is 99.2 Å². The van der Waals surface area contributed by atoms with Crippen molar-refractivity contribution in [1.29, 1.82) is 0 Å². The highest BCUT2D eigenvalue weighted by atomic mass is 35.5. The predicted octanol–water partition coefficient (Wildman–Crippen LogP) is 11.8. The number of likely N-dealkylation sites (N-methyl/N-ethyl adjacent to an activating group) is 4. The van der Waals surface area contributed by atoms with Crippen molar-refractivity contribution in [2.75, 3.05) is 91.6 Å². The summed E-state index contributed by atoms with van der Waals surface area (Å²) in [6.07, 6.45) is 4.96. The Morgan fingerprint density at radius 1 is 0.314 bits per heavy atom. The fraction of sp³-hybridized carbons (Fsp3) is 0.600. The maximum atomic E-state index is 13.5. The number of hydrogen-bond acceptors (Lipinski definition) is 24. The molecule has 4 aliphatic heterocycles. The van der Waals surface area contributed by atoms with E-state index in [4.69, 9.17) is 17.3 Å². The number of aryl methyl sites for hydroxylation is 8. The van der Waals surface area contributed by atoms with Crippen LogP contribution in [0.1, 0.15) is 174 Å². The molecule has 41 heteroatoms. The van der Waals surface area contributed by atoms with Gasteiger partial charge in [-0.15, -0.1) is 0 Å². The van der Waals surface area contributed by atoms with Crippen LogP contribution in [0.4, 0.5) is 75.8 Å². The molecule has 4 aliphatic carbocycles. The molecule has 8 aromatic heterocycles. The zero-order chi connectivity index (χ0) is 87.2. The van der Waals surface area contributed by atoms with Gasteiger partial charge in [-0.1, -0.05) is 11.6 Å². The van der Waals surface area contributed by atoms with Gasteiger partial charge >= 0.3 is 0 Å². The summed E-state index contributed by atoms with van der Waals surface area (Å²) in [5.74, 6) is -5.05. The van der Waals surface area contributed by atoms with Gasteiger partial charge in [0, 0.05) is 177 Å². The van der Waals surface area contributed by atoms with Crippen molar-refractivity contribution in [3.63, 3.8) is 0 Å². The molecule has 12 heterocycles. The Hall–Kier alpha value is -10.7. The first-order valence-corrected chi connectivity index (χ1v) is 41.5. The Morgan fingerprint density at radius 2 is 0.529 bits per heavy atom. The van der Waals surface area contributed by atoms with E-state index in [9.17, 15) is 54.3 Å². The number of carbonyl (C=O) groups excluding carboxylic acids is 4. The van der Waals surface area contributed by atoms with Gasteiger partial charge in [0.25, 0.3) is 23.8 Å². The summed E-state index contributed by atoms with van der Waals surface area (Å²) in [6.45, 7) is 18.1. The summed E-state index contributed by atoms with van der Waals surface area (Å²) in [6, 6.07) is 12.9. The van der Waals surface area contributed by atoms with Crippen LogP contribution in [-0.4, -0.2) is 249 Å². The van der Waals surface area contributed by atoms with E-state index in [1.54, 1.807) is 90.8 Å². The van der Waals surface area contributed by atoms with Gasteiger partial charge in [0.15, 0.2) is 0 Å². The average Bonchev–Trinajstić information content (AvgIpc) is 1.68. The van der Waals surface area contributed by atoms with Crippen molar-refractivity contribution in [1.82, 2.24) is 98.6 Å². The summed E-state index contributed by atoms with van der Waals surface area (Å²) < 4.78 is 114.